The first-order valence-electron chi connectivity index (χ1n) is 2.26. The summed E-state index contributed by atoms with van der Waals surface area (Å²) in [5.74, 6) is -2.42. The van der Waals surface area contributed by atoms with Crippen LogP contribution < -0.4 is 5.73 Å². The Bertz CT molecular complexity index is 224. The topological polar surface area (TPSA) is 118 Å². The summed E-state index contributed by atoms with van der Waals surface area (Å²) in [7, 11) is -4.27. The predicted molar refractivity (Wildman–Crippen MR) is 42.0 cm³/mol. The van der Waals surface area contributed by atoms with Crippen molar-refractivity contribution in [2.24, 2.45) is 5.73 Å². The summed E-state index contributed by atoms with van der Waals surface area (Å²) in [6.45, 7) is 0. The lowest BCUT2D eigenvalue weighted by molar-refractivity contribution is -0.138. The van der Waals surface area contributed by atoms with Crippen LogP contribution in [0.4, 0.5) is 0 Å². The average molecular weight is 199 g/mol. The van der Waals surface area contributed by atoms with Crippen molar-refractivity contribution < 1.29 is 22.9 Å². The Morgan fingerprint density at radius 3 is 2.00 bits per heavy atom. The van der Waals surface area contributed by atoms with Gasteiger partial charge in [-0.25, -0.2) is 0 Å². The zero-order valence-corrected chi connectivity index (χ0v) is 5.71. The number of aliphatic carboxylic acids is 1. The molecule has 66 valence electrons. The molecule has 0 radical (unpaired) electrons. The third kappa shape index (κ3) is 7.77. The van der Waals surface area contributed by atoms with E-state index in [1.807, 2.05) is 0 Å². The lowest BCUT2D eigenvalue weighted by atomic mass is 10.4. The van der Waals surface area contributed by atoms with E-state index < -0.39 is 27.9 Å². The molecule has 0 bridgehead atoms. The lowest BCUT2D eigenvalue weighted by Crippen LogP contribution is -2.36. The van der Waals surface area contributed by atoms with Gasteiger partial charge in [0.05, 0.1) is 0 Å². The number of hydrogen-bond donors (Lipinski definition) is 3. The van der Waals surface area contributed by atoms with Crippen molar-refractivity contribution >= 4 is 33.4 Å². The standard InChI is InChI=1S/C3H7NO5S.Al.3H/c4-2(3(5)6)1-10(7,8)9;;;;/h2H,1,4H2,(H,5,6)(H,7,8,9);;;;/t2-;;;;/m1..../s1. The summed E-state index contributed by atoms with van der Waals surface area (Å²) in [5, 5.41) is 8.04. The van der Waals surface area contributed by atoms with E-state index in [0.717, 1.165) is 0 Å². The van der Waals surface area contributed by atoms with Gasteiger partial charge < -0.3 is 10.8 Å². The van der Waals surface area contributed by atoms with E-state index >= 15 is 0 Å². The van der Waals surface area contributed by atoms with E-state index in [1.165, 1.54) is 0 Å². The molecule has 0 aromatic heterocycles. The molecule has 0 aromatic carbocycles. The molecule has 0 aromatic rings. The third-order valence-corrected chi connectivity index (χ3v) is 1.49. The maximum absolute atomic E-state index is 9.96. The van der Waals surface area contributed by atoms with Crippen LogP contribution in [0, 0.1) is 0 Å². The quantitative estimate of drug-likeness (QED) is 0.331. The molecule has 0 amide bonds. The molecule has 0 aliphatic heterocycles. The fraction of sp³-hybridized carbons (Fsp3) is 0.667. The largest absolute Gasteiger partial charge is 0.480 e. The van der Waals surface area contributed by atoms with Gasteiger partial charge in [0.1, 0.15) is 11.8 Å². The van der Waals surface area contributed by atoms with Gasteiger partial charge in [0.2, 0.25) is 0 Å². The molecule has 0 aliphatic rings. The Kier molecular flexibility index (Phi) is 5.74. The highest BCUT2D eigenvalue weighted by Crippen LogP contribution is 1.86. The Morgan fingerprint density at radius 1 is 1.55 bits per heavy atom. The van der Waals surface area contributed by atoms with Gasteiger partial charge in [-0.2, -0.15) is 8.42 Å². The summed E-state index contributed by atoms with van der Waals surface area (Å²) in [5.41, 5.74) is 4.76. The van der Waals surface area contributed by atoms with Crippen LogP contribution >= 0.6 is 0 Å². The minimum absolute atomic E-state index is 0. The van der Waals surface area contributed by atoms with Crippen LogP contribution in [0.2, 0.25) is 0 Å². The number of hydrogen-bond acceptors (Lipinski definition) is 4. The molecular weight excluding hydrogens is 189 g/mol. The van der Waals surface area contributed by atoms with Gasteiger partial charge in [0.15, 0.2) is 17.4 Å². The molecule has 0 saturated heterocycles. The van der Waals surface area contributed by atoms with Gasteiger partial charge in [-0.1, -0.05) is 0 Å². The molecule has 11 heavy (non-hydrogen) atoms. The van der Waals surface area contributed by atoms with Gasteiger partial charge in [0.25, 0.3) is 10.1 Å². The van der Waals surface area contributed by atoms with Crippen molar-refractivity contribution in [2.45, 2.75) is 6.04 Å². The first-order chi connectivity index (χ1) is 4.33. The Labute approximate surface area is 74.3 Å². The summed E-state index contributed by atoms with van der Waals surface area (Å²) < 4.78 is 28.0. The highest BCUT2D eigenvalue weighted by Gasteiger charge is 2.18. The van der Waals surface area contributed by atoms with Crippen LogP contribution in [0.3, 0.4) is 0 Å². The van der Waals surface area contributed by atoms with Crippen molar-refractivity contribution in [2.75, 3.05) is 5.75 Å². The minimum Gasteiger partial charge on any atom is -0.480 e. The van der Waals surface area contributed by atoms with Crippen LogP contribution in [-0.4, -0.2) is 53.2 Å². The molecule has 0 spiro atoms. The van der Waals surface area contributed by atoms with Crippen LogP contribution in [0.5, 0.6) is 0 Å². The first kappa shape index (κ1) is 13.5. The fourth-order valence-corrected chi connectivity index (χ4v) is 0.895. The zero-order chi connectivity index (χ0) is 8.36. The highest BCUT2D eigenvalue weighted by molar-refractivity contribution is 7.85. The normalized spacial score (nSPS) is 13.3. The summed E-state index contributed by atoms with van der Waals surface area (Å²) in [6, 6.07) is -1.56. The van der Waals surface area contributed by atoms with Crippen molar-refractivity contribution in [1.82, 2.24) is 0 Å². The molecule has 1 atom stereocenters. The van der Waals surface area contributed by atoms with Crippen molar-refractivity contribution in [3.63, 3.8) is 0 Å². The summed E-state index contributed by atoms with van der Waals surface area (Å²) in [6.07, 6.45) is 0. The van der Waals surface area contributed by atoms with Crippen molar-refractivity contribution in [1.29, 1.82) is 0 Å². The van der Waals surface area contributed by atoms with Gasteiger partial charge in [-0.05, 0) is 0 Å². The van der Waals surface area contributed by atoms with Gasteiger partial charge in [-0.15, -0.1) is 0 Å². The smallest absolute Gasteiger partial charge is 0.321 e. The Hall–Kier alpha value is -0.128. The number of rotatable bonds is 3. The van der Waals surface area contributed by atoms with Crippen LogP contribution in [0.1, 0.15) is 0 Å². The van der Waals surface area contributed by atoms with E-state index in [0.29, 0.717) is 0 Å². The van der Waals surface area contributed by atoms with E-state index in [9.17, 15) is 13.2 Å². The summed E-state index contributed by atoms with van der Waals surface area (Å²) >= 11 is 0. The van der Waals surface area contributed by atoms with E-state index in [2.05, 4.69) is 0 Å². The molecule has 4 N–H and O–H groups in total. The molecule has 0 aliphatic carbocycles. The predicted octanol–water partition coefficient (Wildman–Crippen LogP) is -2.90. The van der Waals surface area contributed by atoms with Crippen LogP contribution in [0.25, 0.3) is 0 Å². The summed E-state index contributed by atoms with van der Waals surface area (Å²) in [4.78, 5) is 9.88. The minimum atomic E-state index is -4.27. The monoisotopic (exact) mass is 199 g/mol. The van der Waals surface area contributed by atoms with Crippen LogP contribution in [0.15, 0.2) is 0 Å². The SMILES string of the molecule is N[C@H](CS(=O)(=O)O)C(=O)O.[AlH3]. The van der Waals surface area contributed by atoms with Gasteiger partial charge in [0, 0.05) is 0 Å². The molecule has 0 rings (SSSR count). The Balaban J connectivity index is 0. The first-order valence-corrected chi connectivity index (χ1v) is 3.87. The Morgan fingerprint density at radius 2 is 1.91 bits per heavy atom. The second-order valence-corrected chi connectivity index (χ2v) is 3.19. The van der Waals surface area contributed by atoms with Gasteiger partial charge in [-0.3, -0.25) is 9.35 Å². The maximum atomic E-state index is 9.96. The van der Waals surface area contributed by atoms with Crippen molar-refractivity contribution in [3.05, 3.63) is 0 Å². The molecule has 0 heterocycles. The lowest BCUT2D eigenvalue weighted by Gasteiger charge is -2.01. The molecule has 0 unspecified atom stereocenters. The molecule has 8 heteroatoms. The molecule has 6 nitrogen and oxygen atoms in total. The van der Waals surface area contributed by atoms with Gasteiger partial charge >= 0.3 is 5.97 Å². The van der Waals surface area contributed by atoms with Crippen molar-refractivity contribution in [3.8, 4) is 0 Å². The maximum Gasteiger partial charge on any atom is 0.321 e. The zero-order valence-electron chi connectivity index (χ0n) is 4.89. The number of carboxylic acid groups (broad SMARTS) is 1. The van der Waals surface area contributed by atoms with E-state index in [4.69, 9.17) is 15.4 Å². The number of nitrogens with two attached hydrogens (primary N) is 1. The fourth-order valence-electron chi connectivity index (χ4n) is 0.298. The van der Waals surface area contributed by atoms with Crippen LogP contribution in [-0.2, 0) is 14.9 Å². The molecule has 0 fully saturated rings. The highest BCUT2D eigenvalue weighted by atomic mass is 32.2. The van der Waals surface area contributed by atoms with E-state index in [1.54, 1.807) is 0 Å². The molecular formula is C3H10AlNO5S. The number of carboxylic acids is 1. The third-order valence-electron chi connectivity index (χ3n) is 0.707. The molecule has 0 saturated carbocycles. The number of carbonyl (C=O) groups is 1. The second-order valence-electron chi connectivity index (χ2n) is 1.69. The van der Waals surface area contributed by atoms with E-state index in [-0.39, 0.29) is 17.4 Å². The second kappa shape index (κ2) is 4.69. The average Bonchev–Trinajstić information content (AvgIpc) is 1.60.